The Balaban J connectivity index is 2.50. The molecule has 1 aliphatic heterocycles. The highest BCUT2D eigenvalue weighted by Crippen LogP contribution is 2.44. The normalized spacial score (nSPS) is 20.4. The van der Waals surface area contributed by atoms with Crippen molar-refractivity contribution in [3.05, 3.63) is 29.8 Å². The first kappa shape index (κ1) is 22.6. The smallest absolute Gasteiger partial charge is 0.490 e. The summed E-state index contributed by atoms with van der Waals surface area (Å²) in [5, 5.41) is 0. The summed E-state index contributed by atoms with van der Waals surface area (Å²) in [6, 6.07) is 7.57. The van der Waals surface area contributed by atoms with Crippen LogP contribution in [0.2, 0.25) is 0 Å². The van der Waals surface area contributed by atoms with Gasteiger partial charge in [0.25, 0.3) is 0 Å². The van der Waals surface area contributed by atoms with E-state index in [9.17, 15) is 4.79 Å². The number of rotatable bonds is 4. The van der Waals surface area contributed by atoms with Gasteiger partial charge < -0.3 is 23.7 Å². The summed E-state index contributed by atoms with van der Waals surface area (Å²) < 4.78 is 23.6. The summed E-state index contributed by atoms with van der Waals surface area (Å²) in [5.41, 5.74) is -1.72. The highest BCUT2D eigenvalue weighted by Gasteiger charge is 2.61. The molecule has 1 atom stereocenters. The van der Waals surface area contributed by atoms with Gasteiger partial charge in [-0.2, -0.15) is 0 Å². The van der Waals surface area contributed by atoms with Crippen LogP contribution in [0.1, 0.15) is 61.0 Å². The molecule has 0 radical (unpaired) electrons. The van der Waals surface area contributed by atoms with Crippen LogP contribution in [0, 0.1) is 0 Å². The zero-order valence-corrected chi connectivity index (χ0v) is 18.9. The number of hydrogen-bond acceptors (Lipinski definition) is 5. The van der Waals surface area contributed by atoms with Crippen molar-refractivity contribution in [3.63, 3.8) is 0 Å². The molecule has 1 aliphatic rings. The maximum absolute atomic E-state index is 12.9. The van der Waals surface area contributed by atoms with Crippen molar-refractivity contribution >= 4 is 13.2 Å². The molecule has 0 bridgehead atoms. The van der Waals surface area contributed by atoms with Crippen LogP contribution < -0.4 is 4.74 Å². The van der Waals surface area contributed by atoms with E-state index in [0.29, 0.717) is 0 Å². The second kappa shape index (κ2) is 7.27. The van der Waals surface area contributed by atoms with Gasteiger partial charge in [0.1, 0.15) is 16.8 Å². The minimum Gasteiger partial charge on any atom is -0.497 e. The predicted molar refractivity (Wildman–Crippen MR) is 110 cm³/mol. The van der Waals surface area contributed by atoms with Crippen molar-refractivity contribution in [3.8, 4) is 5.75 Å². The fourth-order valence-corrected chi connectivity index (χ4v) is 3.01. The van der Waals surface area contributed by atoms with Crippen molar-refractivity contribution in [2.45, 2.75) is 77.6 Å². The van der Waals surface area contributed by atoms with Gasteiger partial charge in [0, 0.05) is 7.05 Å². The molecule has 0 unspecified atom stereocenters. The Morgan fingerprint density at radius 3 is 1.86 bits per heavy atom. The minimum absolute atomic E-state index is 0.444. The van der Waals surface area contributed by atoms with Crippen LogP contribution in [-0.4, -0.2) is 49.1 Å². The Morgan fingerprint density at radius 2 is 1.46 bits per heavy atom. The van der Waals surface area contributed by atoms with Crippen LogP contribution in [0.5, 0.6) is 5.75 Å². The first-order chi connectivity index (χ1) is 12.6. The molecule has 1 saturated heterocycles. The number of carbonyl (C=O) groups excluding carboxylic acids is 1. The lowest BCUT2D eigenvalue weighted by Gasteiger charge is -2.41. The van der Waals surface area contributed by atoms with E-state index in [1.807, 2.05) is 79.7 Å². The number of amides is 1. The van der Waals surface area contributed by atoms with E-state index in [2.05, 4.69) is 0 Å². The lowest BCUT2D eigenvalue weighted by Crippen LogP contribution is -2.57. The summed E-state index contributed by atoms with van der Waals surface area (Å²) >= 11 is 0. The highest BCUT2D eigenvalue weighted by atomic mass is 16.7. The molecule has 6 nitrogen and oxygen atoms in total. The molecule has 2 rings (SSSR count). The second-order valence-corrected chi connectivity index (χ2v) is 9.50. The van der Waals surface area contributed by atoms with Crippen molar-refractivity contribution in [2.24, 2.45) is 0 Å². The fourth-order valence-electron chi connectivity index (χ4n) is 3.01. The molecule has 28 heavy (non-hydrogen) atoms. The first-order valence-electron chi connectivity index (χ1n) is 9.61. The summed E-state index contributed by atoms with van der Waals surface area (Å²) in [5.74, 6) is 0.736. The van der Waals surface area contributed by atoms with E-state index in [-0.39, 0.29) is 0 Å². The topological polar surface area (TPSA) is 57.2 Å². The summed E-state index contributed by atoms with van der Waals surface area (Å²) in [7, 11) is 2.65. The van der Waals surface area contributed by atoms with E-state index >= 15 is 0 Å². The van der Waals surface area contributed by atoms with Crippen molar-refractivity contribution in [1.29, 1.82) is 0 Å². The molecular weight excluding hydrogens is 357 g/mol. The van der Waals surface area contributed by atoms with Gasteiger partial charge in [-0.25, -0.2) is 4.79 Å². The molecule has 1 aromatic carbocycles. The van der Waals surface area contributed by atoms with Gasteiger partial charge in [0.15, 0.2) is 0 Å². The first-order valence-corrected chi connectivity index (χ1v) is 9.61. The number of nitrogens with zero attached hydrogens (tertiary/aromatic N) is 1. The average Bonchev–Trinajstić information content (AvgIpc) is 2.80. The average molecular weight is 391 g/mol. The zero-order chi connectivity index (χ0) is 21.5. The van der Waals surface area contributed by atoms with Crippen LogP contribution in [-0.2, 0) is 19.5 Å². The van der Waals surface area contributed by atoms with Crippen molar-refractivity contribution < 1.29 is 23.6 Å². The van der Waals surface area contributed by atoms with Gasteiger partial charge in [-0.3, -0.25) is 0 Å². The molecule has 1 aromatic rings. The lowest BCUT2D eigenvalue weighted by atomic mass is 9.60. The summed E-state index contributed by atoms with van der Waals surface area (Å²) in [6.45, 7) is 15.4. The highest BCUT2D eigenvalue weighted by molar-refractivity contribution is 6.49. The van der Waals surface area contributed by atoms with Crippen LogP contribution >= 0.6 is 0 Å². The molecule has 1 amide bonds. The lowest BCUT2D eigenvalue weighted by molar-refractivity contribution is 0.00578. The monoisotopic (exact) mass is 391 g/mol. The second-order valence-electron chi connectivity index (χ2n) is 9.50. The quantitative estimate of drug-likeness (QED) is 0.712. The Bertz CT molecular complexity index is 695. The zero-order valence-electron chi connectivity index (χ0n) is 18.9. The largest absolute Gasteiger partial charge is 0.497 e. The molecule has 7 heteroatoms. The molecule has 0 saturated carbocycles. The Hall–Kier alpha value is -1.73. The van der Waals surface area contributed by atoms with Gasteiger partial charge in [-0.05, 0) is 73.1 Å². The van der Waals surface area contributed by atoms with Crippen LogP contribution in [0.3, 0.4) is 0 Å². The minimum atomic E-state index is -0.917. The SMILES string of the molecule is COc1ccc([C@@](C)(B2OC(C)(C)C(C)(C)O2)N(C)C(=O)OC(C)(C)C)cc1. The van der Waals surface area contributed by atoms with Crippen molar-refractivity contribution in [2.75, 3.05) is 14.2 Å². The third kappa shape index (κ3) is 4.15. The van der Waals surface area contributed by atoms with Gasteiger partial charge >= 0.3 is 13.2 Å². The van der Waals surface area contributed by atoms with Gasteiger partial charge in [0.05, 0.1) is 18.3 Å². The standard InChI is InChI=1S/C21H34BNO5/c1-18(2,3)26-17(24)23(9)21(8,15-11-13-16(25-10)14-12-15)22-27-19(4,5)20(6,7)28-22/h11-14H,1-10H3/t21-/m0/s1. The Morgan fingerprint density at radius 1 is 1.00 bits per heavy atom. The van der Waals surface area contributed by atoms with E-state index in [0.717, 1.165) is 11.3 Å². The summed E-state index contributed by atoms with van der Waals surface area (Å²) in [4.78, 5) is 14.5. The molecule has 1 fully saturated rings. The third-order valence-electron chi connectivity index (χ3n) is 5.75. The molecular formula is C21H34BNO5. The van der Waals surface area contributed by atoms with Crippen LogP contribution in [0.25, 0.3) is 0 Å². The van der Waals surface area contributed by atoms with E-state index < -0.39 is 35.5 Å². The van der Waals surface area contributed by atoms with E-state index in [4.69, 9.17) is 18.8 Å². The maximum atomic E-state index is 12.9. The third-order valence-corrected chi connectivity index (χ3v) is 5.75. The molecule has 156 valence electrons. The molecule has 0 N–H and O–H groups in total. The number of hydrogen-bond donors (Lipinski definition) is 0. The number of methoxy groups -OCH3 is 1. The van der Waals surface area contributed by atoms with Crippen LogP contribution in [0.4, 0.5) is 4.79 Å². The number of benzene rings is 1. The van der Waals surface area contributed by atoms with Gasteiger partial charge in [0.2, 0.25) is 0 Å². The Kier molecular flexibility index (Phi) is 5.85. The van der Waals surface area contributed by atoms with Crippen molar-refractivity contribution in [1.82, 2.24) is 4.90 Å². The molecule has 0 spiro atoms. The van der Waals surface area contributed by atoms with E-state index in [1.54, 1.807) is 19.1 Å². The number of ether oxygens (including phenoxy) is 2. The molecule has 0 aliphatic carbocycles. The molecule has 1 heterocycles. The predicted octanol–water partition coefficient (Wildman–Crippen LogP) is 4.41. The number of carbonyl (C=O) groups is 1. The van der Waals surface area contributed by atoms with Gasteiger partial charge in [-0.1, -0.05) is 12.1 Å². The molecule has 0 aromatic heterocycles. The summed E-state index contributed by atoms with van der Waals surface area (Å²) in [6.07, 6.45) is -0.444. The maximum Gasteiger partial charge on any atom is 0.490 e. The van der Waals surface area contributed by atoms with Crippen LogP contribution in [0.15, 0.2) is 24.3 Å². The van der Waals surface area contributed by atoms with Gasteiger partial charge in [-0.15, -0.1) is 0 Å². The Labute approximate surface area is 169 Å². The van der Waals surface area contributed by atoms with E-state index in [1.165, 1.54) is 0 Å². The fraction of sp³-hybridized carbons (Fsp3) is 0.667.